The van der Waals surface area contributed by atoms with E-state index in [2.05, 4.69) is 17.6 Å². The smallest absolute Gasteiger partial charge is 0.264 e. The first-order chi connectivity index (χ1) is 29.5. The van der Waals surface area contributed by atoms with Crippen LogP contribution in [-0.4, -0.2) is 200 Å². The molecule has 2 aliphatic rings. The van der Waals surface area contributed by atoms with Crippen molar-refractivity contribution in [1.82, 2.24) is 10.2 Å². The number of fused-ring (bicyclic) bond motifs is 1. The van der Waals surface area contributed by atoms with Crippen molar-refractivity contribution in [3.05, 3.63) is 29.3 Å². The number of nitrogens with one attached hydrogen (secondary N) is 2. The summed E-state index contributed by atoms with van der Waals surface area (Å²) in [6.07, 6.45) is 2.39. The van der Waals surface area contributed by atoms with Crippen LogP contribution < -0.4 is 10.6 Å². The number of nitrogens with zero attached hydrogens (tertiary/aromatic N) is 1. The number of benzene rings is 1. The molecule has 0 aliphatic carbocycles. The van der Waals surface area contributed by atoms with E-state index in [4.69, 9.17) is 56.8 Å². The Balaban J connectivity index is 0.975. The Labute approximate surface area is 353 Å². The lowest BCUT2D eigenvalue weighted by Crippen LogP contribution is -2.54. The van der Waals surface area contributed by atoms with Crippen molar-refractivity contribution >= 4 is 29.3 Å². The van der Waals surface area contributed by atoms with Crippen molar-refractivity contribution in [2.45, 2.75) is 38.6 Å². The molecule has 1 fully saturated rings. The third-order valence-corrected chi connectivity index (χ3v) is 8.76. The van der Waals surface area contributed by atoms with Gasteiger partial charge in [0.05, 0.1) is 163 Å². The monoisotopic (exact) mass is 857 g/mol. The van der Waals surface area contributed by atoms with E-state index < -0.39 is 29.7 Å². The van der Waals surface area contributed by atoms with Crippen LogP contribution in [0.3, 0.4) is 0 Å². The number of unbranched alkanes of at least 4 members (excludes halogenated alkanes) is 1. The van der Waals surface area contributed by atoms with Gasteiger partial charge in [0, 0.05) is 25.3 Å². The Morgan fingerprint density at radius 3 is 1.30 bits per heavy atom. The summed E-state index contributed by atoms with van der Waals surface area (Å²) in [6.45, 7) is 14.3. The zero-order valence-electron chi connectivity index (χ0n) is 35.3. The van der Waals surface area contributed by atoms with Gasteiger partial charge in [-0.05, 0) is 25.0 Å². The van der Waals surface area contributed by atoms with Crippen LogP contribution in [0.5, 0.6) is 0 Å². The maximum atomic E-state index is 13.2. The summed E-state index contributed by atoms with van der Waals surface area (Å²) in [5.41, 5.74) is 0.905. The average Bonchev–Trinajstić information content (AvgIpc) is 3.50. The van der Waals surface area contributed by atoms with Gasteiger partial charge in [-0.25, -0.2) is 0 Å². The molecule has 342 valence electrons. The zero-order chi connectivity index (χ0) is 42.7. The number of anilines is 1. The van der Waals surface area contributed by atoms with Gasteiger partial charge in [-0.2, -0.15) is 0 Å². The highest BCUT2D eigenvalue weighted by Gasteiger charge is 2.45. The molecule has 3 rings (SSSR count). The SMILES string of the molecule is CCCCOCCOCCOCCOCCOCCOCCOCCOCCOCCOCCOCCOCCNc1cccc2c1C(=O)N(C1CCC(=O)NC1=O)C2=O. The first kappa shape index (κ1) is 51.2. The number of amides is 4. The van der Waals surface area contributed by atoms with Gasteiger partial charge in [0.2, 0.25) is 11.8 Å². The summed E-state index contributed by atoms with van der Waals surface area (Å²) in [6, 6.07) is 3.90. The molecule has 2 N–H and O–H groups in total. The van der Waals surface area contributed by atoms with E-state index >= 15 is 0 Å². The molecular formula is C41H67N3O16. The van der Waals surface area contributed by atoms with Crippen molar-refractivity contribution in [3.63, 3.8) is 0 Å². The number of piperidine rings is 1. The molecule has 1 aromatic rings. The third kappa shape index (κ3) is 22.1. The molecule has 0 bridgehead atoms. The fourth-order valence-electron chi connectivity index (χ4n) is 5.69. The molecule has 0 aromatic heterocycles. The molecule has 19 nitrogen and oxygen atoms in total. The van der Waals surface area contributed by atoms with Crippen LogP contribution in [0.25, 0.3) is 0 Å². The number of hydrogen-bond donors (Lipinski definition) is 2. The average molecular weight is 858 g/mol. The maximum Gasteiger partial charge on any atom is 0.264 e. The number of carbonyl (C=O) groups excluding carboxylic acids is 4. The summed E-state index contributed by atoms with van der Waals surface area (Å²) in [5, 5.41) is 5.33. The fourth-order valence-corrected chi connectivity index (χ4v) is 5.69. The fraction of sp³-hybridized carbons (Fsp3) is 0.756. The minimum absolute atomic E-state index is 0.0648. The summed E-state index contributed by atoms with van der Waals surface area (Å²) < 4.78 is 65.9. The van der Waals surface area contributed by atoms with Crippen LogP contribution in [-0.2, 0) is 66.4 Å². The molecule has 4 amide bonds. The molecule has 0 spiro atoms. The Morgan fingerprint density at radius 2 is 0.917 bits per heavy atom. The summed E-state index contributed by atoms with van der Waals surface area (Å²) in [7, 11) is 0. The predicted octanol–water partition coefficient (Wildman–Crippen LogP) is 1.50. The topological polar surface area (TPSA) is 206 Å². The molecule has 1 saturated heterocycles. The molecule has 1 atom stereocenters. The van der Waals surface area contributed by atoms with Gasteiger partial charge in [-0.3, -0.25) is 29.4 Å². The molecule has 1 unspecified atom stereocenters. The minimum atomic E-state index is -1.01. The van der Waals surface area contributed by atoms with Gasteiger partial charge in [-0.1, -0.05) is 19.4 Å². The lowest BCUT2D eigenvalue weighted by Gasteiger charge is -2.27. The van der Waals surface area contributed by atoms with Crippen molar-refractivity contribution in [2.24, 2.45) is 0 Å². The third-order valence-electron chi connectivity index (χ3n) is 8.76. The second kappa shape index (κ2) is 34.4. The Bertz CT molecular complexity index is 1320. The molecule has 2 aliphatic heterocycles. The van der Waals surface area contributed by atoms with E-state index in [-0.39, 0.29) is 24.0 Å². The van der Waals surface area contributed by atoms with Crippen LogP contribution in [0.2, 0.25) is 0 Å². The minimum Gasteiger partial charge on any atom is -0.382 e. The van der Waals surface area contributed by atoms with E-state index in [1.807, 2.05) is 0 Å². The van der Waals surface area contributed by atoms with Crippen molar-refractivity contribution in [3.8, 4) is 0 Å². The highest BCUT2D eigenvalue weighted by atomic mass is 16.6. The normalized spacial score (nSPS) is 15.3. The zero-order valence-corrected chi connectivity index (χ0v) is 35.3. The van der Waals surface area contributed by atoms with Crippen LogP contribution in [0.4, 0.5) is 5.69 Å². The summed E-state index contributed by atoms with van der Waals surface area (Å²) in [5.74, 6) is -2.17. The quantitative estimate of drug-likeness (QED) is 0.0707. The molecule has 2 heterocycles. The van der Waals surface area contributed by atoms with Gasteiger partial charge in [-0.15, -0.1) is 0 Å². The number of ether oxygens (including phenoxy) is 12. The van der Waals surface area contributed by atoms with Crippen molar-refractivity contribution in [1.29, 1.82) is 0 Å². The number of rotatable bonds is 41. The Kier molecular flexibility index (Phi) is 29.3. The van der Waals surface area contributed by atoms with E-state index in [9.17, 15) is 19.2 Å². The molecular weight excluding hydrogens is 790 g/mol. The largest absolute Gasteiger partial charge is 0.382 e. The highest BCUT2D eigenvalue weighted by molar-refractivity contribution is 6.25. The number of imide groups is 2. The number of hydrogen-bond acceptors (Lipinski definition) is 17. The van der Waals surface area contributed by atoms with E-state index in [1.165, 1.54) is 0 Å². The lowest BCUT2D eigenvalue weighted by molar-refractivity contribution is -0.136. The van der Waals surface area contributed by atoms with E-state index in [1.54, 1.807) is 18.2 Å². The second-order valence-corrected chi connectivity index (χ2v) is 13.3. The predicted molar refractivity (Wildman–Crippen MR) is 216 cm³/mol. The van der Waals surface area contributed by atoms with E-state index in [0.29, 0.717) is 164 Å². The summed E-state index contributed by atoms with van der Waals surface area (Å²) in [4.78, 5) is 50.9. The maximum absolute atomic E-state index is 13.2. The van der Waals surface area contributed by atoms with Crippen LogP contribution >= 0.6 is 0 Å². The Morgan fingerprint density at radius 1 is 0.533 bits per heavy atom. The molecule has 60 heavy (non-hydrogen) atoms. The molecule has 1 aromatic carbocycles. The number of carbonyl (C=O) groups is 4. The summed E-state index contributed by atoms with van der Waals surface area (Å²) >= 11 is 0. The van der Waals surface area contributed by atoms with Crippen LogP contribution in [0.1, 0.15) is 53.3 Å². The van der Waals surface area contributed by atoms with Crippen molar-refractivity contribution in [2.75, 3.05) is 170 Å². The first-order valence-electron chi connectivity index (χ1n) is 21.1. The first-order valence-corrected chi connectivity index (χ1v) is 21.1. The van der Waals surface area contributed by atoms with Gasteiger partial charge < -0.3 is 62.2 Å². The van der Waals surface area contributed by atoms with Crippen LogP contribution in [0.15, 0.2) is 18.2 Å². The van der Waals surface area contributed by atoms with Crippen molar-refractivity contribution < 1.29 is 76.0 Å². The van der Waals surface area contributed by atoms with Gasteiger partial charge in [0.25, 0.3) is 11.8 Å². The molecule has 0 radical (unpaired) electrons. The van der Waals surface area contributed by atoms with Gasteiger partial charge in [0.15, 0.2) is 0 Å². The van der Waals surface area contributed by atoms with Gasteiger partial charge >= 0.3 is 0 Å². The molecule has 19 heteroatoms. The molecule has 0 saturated carbocycles. The highest BCUT2D eigenvalue weighted by Crippen LogP contribution is 2.32. The van der Waals surface area contributed by atoms with Gasteiger partial charge in [0.1, 0.15) is 6.04 Å². The van der Waals surface area contributed by atoms with Crippen LogP contribution in [0, 0.1) is 0 Å². The Hall–Kier alpha value is -3.18. The van der Waals surface area contributed by atoms with E-state index in [0.717, 1.165) is 24.3 Å². The lowest BCUT2D eigenvalue weighted by atomic mass is 10.0. The second-order valence-electron chi connectivity index (χ2n) is 13.3. The standard InChI is InChI=1S/C41H67N3O16/c1-2-3-10-49-12-14-51-16-18-53-20-22-55-24-26-57-28-30-59-32-33-60-31-29-58-27-25-56-23-21-54-19-17-52-15-13-50-11-9-42-35-6-4-5-34-38(35)41(48)44(40(34)47)36-7-8-37(45)43-39(36)46/h4-6,36,42H,2-3,7-33H2,1H3,(H,43,45,46).